The third-order valence-corrected chi connectivity index (χ3v) is 5.96. The summed E-state index contributed by atoms with van der Waals surface area (Å²) in [6.45, 7) is 2.88. The van der Waals surface area contributed by atoms with Gasteiger partial charge < -0.3 is 10.2 Å². The van der Waals surface area contributed by atoms with Gasteiger partial charge in [0.05, 0.1) is 17.2 Å². The molecule has 1 unspecified atom stereocenters. The lowest BCUT2D eigenvalue weighted by Crippen LogP contribution is -2.47. The quantitative estimate of drug-likeness (QED) is 0.919. The Kier molecular flexibility index (Phi) is 3.92. The average Bonchev–Trinajstić information content (AvgIpc) is 3.21. The third kappa shape index (κ3) is 3.55. The molecule has 1 aliphatic carbocycles. The molecule has 1 atom stereocenters. The Morgan fingerprint density at radius 3 is 2.76 bits per heavy atom. The zero-order valence-electron chi connectivity index (χ0n) is 12.2. The summed E-state index contributed by atoms with van der Waals surface area (Å²) in [5.74, 6) is -0.0737. The molecule has 0 spiro atoms. The number of rotatable bonds is 4. The molecule has 1 saturated heterocycles. The molecular formula is C15H21FN2O2S. The van der Waals surface area contributed by atoms with Crippen molar-refractivity contribution >= 4 is 15.5 Å². The predicted octanol–water partition coefficient (Wildman–Crippen LogP) is 1.70. The van der Waals surface area contributed by atoms with Gasteiger partial charge in [0.2, 0.25) is 0 Å². The lowest BCUT2D eigenvalue weighted by atomic mass is 10.1. The highest BCUT2D eigenvalue weighted by Crippen LogP contribution is 2.26. The molecule has 2 fully saturated rings. The molecule has 4 nitrogen and oxygen atoms in total. The van der Waals surface area contributed by atoms with Crippen LogP contribution in [0.2, 0.25) is 0 Å². The zero-order chi connectivity index (χ0) is 15.0. The third-order valence-electron chi connectivity index (χ3n) is 4.16. The molecule has 0 radical (unpaired) electrons. The molecule has 0 aromatic heterocycles. The molecule has 1 heterocycles. The van der Waals surface area contributed by atoms with Gasteiger partial charge in [0.15, 0.2) is 9.84 Å². The second-order valence-corrected chi connectivity index (χ2v) is 8.33. The topological polar surface area (TPSA) is 49.4 Å². The minimum absolute atomic E-state index is 0.0947. The summed E-state index contributed by atoms with van der Waals surface area (Å²) in [4.78, 5) is 1.86. The molecular weight excluding hydrogens is 291 g/mol. The van der Waals surface area contributed by atoms with Crippen molar-refractivity contribution in [1.82, 2.24) is 5.32 Å². The van der Waals surface area contributed by atoms with Crippen LogP contribution in [0.3, 0.4) is 0 Å². The zero-order valence-corrected chi connectivity index (χ0v) is 13.0. The van der Waals surface area contributed by atoms with Crippen LogP contribution in [0.4, 0.5) is 10.1 Å². The van der Waals surface area contributed by atoms with E-state index in [-0.39, 0.29) is 23.4 Å². The van der Waals surface area contributed by atoms with Crippen LogP contribution < -0.4 is 10.2 Å². The molecule has 21 heavy (non-hydrogen) atoms. The van der Waals surface area contributed by atoms with E-state index in [1.807, 2.05) is 17.9 Å². The molecule has 3 rings (SSSR count). The summed E-state index contributed by atoms with van der Waals surface area (Å²) in [6, 6.07) is 5.66. The minimum Gasteiger partial charge on any atom is -0.364 e. The molecule has 1 aromatic rings. The number of hydrogen-bond donors (Lipinski definition) is 1. The van der Waals surface area contributed by atoms with Gasteiger partial charge in [-0.1, -0.05) is 6.07 Å². The summed E-state index contributed by atoms with van der Waals surface area (Å²) in [5, 5.41) is 3.36. The fourth-order valence-electron chi connectivity index (χ4n) is 2.80. The predicted molar refractivity (Wildman–Crippen MR) is 81.7 cm³/mol. The van der Waals surface area contributed by atoms with Crippen molar-refractivity contribution in [1.29, 1.82) is 0 Å². The summed E-state index contributed by atoms with van der Waals surface area (Å²) < 4.78 is 37.5. The number of anilines is 1. The Balaban J connectivity index is 1.72. The van der Waals surface area contributed by atoms with Crippen molar-refractivity contribution in [2.24, 2.45) is 0 Å². The van der Waals surface area contributed by atoms with Crippen LogP contribution in [0.25, 0.3) is 0 Å². The average molecular weight is 312 g/mol. The van der Waals surface area contributed by atoms with Gasteiger partial charge in [-0.15, -0.1) is 0 Å². The molecule has 1 aliphatic heterocycles. The first-order valence-corrected chi connectivity index (χ1v) is 9.25. The van der Waals surface area contributed by atoms with Crippen LogP contribution in [-0.2, 0) is 16.4 Å². The van der Waals surface area contributed by atoms with E-state index < -0.39 is 9.84 Å². The van der Waals surface area contributed by atoms with E-state index >= 15 is 0 Å². The first kappa shape index (κ1) is 14.8. The fourth-order valence-corrected chi connectivity index (χ4v) is 4.36. The van der Waals surface area contributed by atoms with Crippen LogP contribution in [-0.4, -0.2) is 38.6 Å². The number of nitrogens with zero attached hydrogens (tertiary/aromatic N) is 1. The van der Waals surface area contributed by atoms with Gasteiger partial charge in [-0.3, -0.25) is 0 Å². The van der Waals surface area contributed by atoms with E-state index in [0.29, 0.717) is 24.8 Å². The van der Waals surface area contributed by atoms with E-state index in [0.717, 1.165) is 5.56 Å². The standard InChI is InChI=1S/C15H21FN2O2S/c1-11-10-21(19,20)7-6-18(11)15-5-2-12(8-14(15)16)9-17-13-3-4-13/h2,5,8,11,13,17H,3-4,6-7,9-10H2,1H3. The maximum absolute atomic E-state index is 14.3. The Hall–Kier alpha value is -1.14. The Morgan fingerprint density at radius 1 is 1.38 bits per heavy atom. The smallest absolute Gasteiger partial charge is 0.154 e. The maximum atomic E-state index is 14.3. The monoisotopic (exact) mass is 312 g/mol. The van der Waals surface area contributed by atoms with Gasteiger partial charge in [-0.25, -0.2) is 12.8 Å². The highest BCUT2D eigenvalue weighted by molar-refractivity contribution is 7.91. The largest absolute Gasteiger partial charge is 0.364 e. The van der Waals surface area contributed by atoms with Crippen molar-refractivity contribution < 1.29 is 12.8 Å². The van der Waals surface area contributed by atoms with Gasteiger partial charge in [-0.2, -0.15) is 0 Å². The summed E-state index contributed by atoms with van der Waals surface area (Å²) in [6.07, 6.45) is 2.42. The lowest BCUT2D eigenvalue weighted by Gasteiger charge is -2.35. The number of halogens is 1. The fraction of sp³-hybridized carbons (Fsp3) is 0.600. The van der Waals surface area contributed by atoms with Gasteiger partial charge in [0.25, 0.3) is 0 Å². The van der Waals surface area contributed by atoms with Gasteiger partial charge >= 0.3 is 0 Å². The second kappa shape index (κ2) is 5.57. The molecule has 0 bridgehead atoms. The van der Waals surface area contributed by atoms with Crippen LogP contribution in [0.5, 0.6) is 0 Å². The van der Waals surface area contributed by atoms with Crippen LogP contribution in [0.15, 0.2) is 18.2 Å². The van der Waals surface area contributed by atoms with E-state index in [9.17, 15) is 12.8 Å². The van der Waals surface area contributed by atoms with Crippen LogP contribution in [0, 0.1) is 5.82 Å². The van der Waals surface area contributed by atoms with Crippen LogP contribution in [0.1, 0.15) is 25.3 Å². The first-order chi connectivity index (χ1) is 9.94. The van der Waals surface area contributed by atoms with Crippen molar-refractivity contribution in [3.63, 3.8) is 0 Å². The SMILES string of the molecule is CC1CS(=O)(=O)CCN1c1ccc(CNC2CC2)cc1F. The van der Waals surface area contributed by atoms with Crippen molar-refractivity contribution in [2.45, 2.75) is 38.4 Å². The lowest BCUT2D eigenvalue weighted by molar-refractivity contribution is 0.558. The summed E-state index contributed by atoms with van der Waals surface area (Å²) >= 11 is 0. The highest BCUT2D eigenvalue weighted by atomic mass is 32.2. The Morgan fingerprint density at radius 2 is 2.14 bits per heavy atom. The summed E-state index contributed by atoms with van der Waals surface area (Å²) in [7, 11) is -2.98. The van der Waals surface area contributed by atoms with Gasteiger partial charge in [0, 0.05) is 25.2 Å². The molecule has 0 amide bonds. The van der Waals surface area contributed by atoms with Gasteiger partial charge in [0.1, 0.15) is 5.82 Å². The van der Waals surface area contributed by atoms with E-state index in [2.05, 4.69) is 5.32 Å². The summed E-state index contributed by atoms with van der Waals surface area (Å²) in [5.41, 5.74) is 1.44. The van der Waals surface area contributed by atoms with E-state index in [4.69, 9.17) is 0 Å². The minimum atomic E-state index is -2.98. The molecule has 1 saturated carbocycles. The highest BCUT2D eigenvalue weighted by Gasteiger charge is 2.29. The van der Waals surface area contributed by atoms with Crippen LogP contribution >= 0.6 is 0 Å². The molecule has 2 aliphatic rings. The second-order valence-electron chi connectivity index (χ2n) is 6.10. The molecule has 1 aromatic carbocycles. The number of benzene rings is 1. The molecule has 116 valence electrons. The normalized spacial score (nSPS) is 25.0. The molecule has 6 heteroatoms. The van der Waals surface area contributed by atoms with Crippen molar-refractivity contribution in [2.75, 3.05) is 23.0 Å². The Labute approximate surface area is 125 Å². The Bertz CT molecular complexity index is 629. The maximum Gasteiger partial charge on any atom is 0.154 e. The van der Waals surface area contributed by atoms with Crippen molar-refractivity contribution in [3.8, 4) is 0 Å². The number of hydrogen-bond acceptors (Lipinski definition) is 4. The van der Waals surface area contributed by atoms with Crippen molar-refractivity contribution in [3.05, 3.63) is 29.6 Å². The number of sulfone groups is 1. The number of nitrogens with one attached hydrogen (secondary N) is 1. The first-order valence-electron chi connectivity index (χ1n) is 7.43. The molecule has 1 N–H and O–H groups in total. The van der Waals surface area contributed by atoms with E-state index in [1.54, 1.807) is 12.1 Å². The van der Waals surface area contributed by atoms with Gasteiger partial charge in [-0.05, 0) is 37.5 Å². The van der Waals surface area contributed by atoms with E-state index in [1.165, 1.54) is 12.8 Å².